The van der Waals surface area contributed by atoms with Gasteiger partial charge in [-0.15, -0.1) is 0 Å². The van der Waals surface area contributed by atoms with Crippen LogP contribution in [0.3, 0.4) is 0 Å². The highest BCUT2D eigenvalue weighted by Gasteiger charge is 2.13. The maximum absolute atomic E-state index is 12.3. The summed E-state index contributed by atoms with van der Waals surface area (Å²) in [4.78, 5) is 22.5. The van der Waals surface area contributed by atoms with E-state index in [2.05, 4.69) is 5.32 Å². The van der Waals surface area contributed by atoms with Crippen molar-refractivity contribution in [3.63, 3.8) is 0 Å². The van der Waals surface area contributed by atoms with Crippen molar-refractivity contribution >= 4 is 28.9 Å². The van der Waals surface area contributed by atoms with Gasteiger partial charge in [0, 0.05) is 23.9 Å². The minimum absolute atomic E-state index is 0.0906. The number of phenolic OH excluding ortho intramolecular Hbond substituents is 1. The van der Waals surface area contributed by atoms with Crippen LogP contribution in [0.4, 0.5) is 11.4 Å². The number of halogens is 1. The second kappa shape index (κ2) is 7.76. The van der Waals surface area contributed by atoms with Crippen LogP contribution in [0.1, 0.15) is 10.4 Å². The maximum Gasteiger partial charge on any atom is 0.271 e. The van der Waals surface area contributed by atoms with Crippen molar-refractivity contribution in [1.29, 1.82) is 0 Å². The molecule has 0 aliphatic rings. The summed E-state index contributed by atoms with van der Waals surface area (Å²) >= 11 is 6.02. The number of non-ortho nitro benzene ring substituents is 1. The molecule has 3 rings (SSSR count). The highest BCUT2D eigenvalue weighted by Crippen LogP contribution is 2.33. The van der Waals surface area contributed by atoms with E-state index in [4.69, 9.17) is 16.3 Å². The first kappa shape index (κ1) is 18.2. The number of ether oxygens (including phenoxy) is 1. The Morgan fingerprint density at radius 3 is 2.56 bits per heavy atom. The van der Waals surface area contributed by atoms with Gasteiger partial charge in [0.25, 0.3) is 11.6 Å². The summed E-state index contributed by atoms with van der Waals surface area (Å²) in [5, 5.41) is 23.3. The summed E-state index contributed by atoms with van der Waals surface area (Å²) in [7, 11) is 0. The molecule has 1 amide bonds. The van der Waals surface area contributed by atoms with E-state index in [0.29, 0.717) is 11.4 Å². The molecular formula is C19H13ClN2O5. The van der Waals surface area contributed by atoms with E-state index in [0.717, 1.165) is 0 Å². The van der Waals surface area contributed by atoms with Crippen LogP contribution in [-0.4, -0.2) is 15.9 Å². The number of rotatable bonds is 5. The Balaban J connectivity index is 1.77. The average molecular weight is 385 g/mol. The number of nitro groups is 1. The maximum atomic E-state index is 12.3. The molecule has 0 aromatic heterocycles. The summed E-state index contributed by atoms with van der Waals surface area (Å²) in [6.07, 6.45) is 0. The number of hydrogen-bond acceptors (Lipinski definition) is 5. The van der Waals surface area contributed by atoms with Crippen molar-refractivity contribution in [3.8, 4) is 17.2 Å². The predicted octanol–water partition coefficient (Wildman–Crippen LogP) is 5.00. The first-order chi connectivity index (χ1) is 12.9. The zero-order valence-electron chi connectivity index (χ0n) is 13.8. The third kappa shape index (κ3) is 4.34. The highest BCUT2D eigenvalue weighted by atomic mass is 35.5. The van der Waals surface area contributed by atoms with E-state index in [-0.39, 0.29) is 27.8 Å². The lowest BCUT2D eigenvalue weighted by molar-refractivity contribution is -0.384. The monoisotopic (exact) mass is 384 g/mol. The molecule has 3 aromatic rings. The lowest BCUT2D eigenvalue weighted by Gasteiger charge is -2.10. The normalized spacial score (nSPS) is 10.3. The Hall–Kier alpha value is -3.58. The van der Waals surface area contributed by atoms with Crippen molar-refractivity contribution in [1.82, 2.24) is 0 Å². The fourth-order valence-electron chi connectivity index (χ4n) is 2.31. The number of nitrogens with zero attached hydrogens (tertiary/aromatic N) is 1. The van der Waals surface area contributed by atoms with Crippen molar-refractivity contribution in [3.05, 3.63) is 87.4 Å². The predicted molar refractivity (Wildman–Crippen MR) is 101 cm³/mol. The summed E-state index contributed by atoms with van der Waals surface area (Å²) in [5.41, 5.74) is 0.442. The number of carbonyl (C=O) groups is 1. The van der Waals surface area contributed by atoms with Gasteiger partial charge in [-0.1, -0.05) is 29.8 Å². The van der Waals surface area contributed by atoms with Gasteiger partial charge < -0.3 is 15.2 Å². The molecule has 2 N–H and O–H groups in total. The van der Waals surface area contributed by atoms with Crippen LogP contribution in [0.2, 0.25) is 5.02 Å². The molecule has 0 unspecified atom stereocenters. The second-order valence-electron chi connectivity index (χ2n) is 5.47. The quantitative estimate of drug-likeness (QED) is 0.476. The molecule has 0 saturated carbocycles. The van der Waals surface area contributed by atoms with Crippen LogP contribution in [-0.2, 0) is 0 Å². The Kier molecular flexibility index (Phi) is 5.23. The molecule has 0 aliphatic heterocycles. The summed E-state index contributed by atoms with van der Waals surface area (Å²) in [5.74, 6) is 0.0194. The molecule has 136 valence electrons. The van der Waals surface area contributed by atoms with Gasteiger partial charge in [-0.2, -0.15) is 0 Å². The lowest BCUT2D eigenvalue weighted by atomic mass is 10.2. The number of nitrogens with one attached hydrogen (secondary N) is 1. The van der Waals surface area contributed by atoms with Crippen LogP contribution in [0, 0.1) is 10.1 Å². The van der Waals surface area contributed by atoms with Gasteiger partial charge in [0.2, 0.25) is 0 Å². The molecule has 0 atom stereocenters. The van der Waals surface area contributed by atoms with E-state index in [9.17, 15) is 20.0 Å². The van der Waals surface area contributed by atoms with Crippen LogP contribution >= 0.6 is 11.6 Å². The van der Waals surface area contributed by atoms with Gasteiger partial charge in [-0.05, 0) is 30.3 Å². The van der Waals surface area contributed by atoms with Gasteiger partial charge in [0.05, 0.1) is 15.5 Å². The minimum atomic E-state index is -0.551. The summed E-state index contributed by atoms with van der Waals surface area (Å²) < 4.78 is 5.64. The van der Waals surface area contributed by atoms with Crippen LogP contribution < -0.4 is 10.1 Å². The number of para-hydroxylation sites is 1. The number of aromatic hydroxyl groups is 1. The van der Waals surface area contributed by atoms with E-state index in [1.165, 1.54) is 30.3 Å². The number of hydrogen-bond donors (Lipinski definition) is 2. The van der Waals surface area contributed by atoms with Crippen LogP contribution in [0.15, 0.2) is 66.7 Å². The molecule has 27 heavy (non-hydrogen) atoms. The first-order valence-electron chi connectivity index (χ1n) is 7.75. The van der Waals surface area contributed by atoms with Crippen molar-refractivity contribution in [2.24, 2.45) is 0 Å². The molecule has 0 saturated heterocycles. The Morgan fingerprint density at radius 1 is 1.07 bits per heavy atom. The summed E-state index contributed by atoms with van der Waals surface area (Å²) in [6.45, 7) is 0. The Labute approximate surface area is 158 Å². The number of phenols is 1. The van der Waals surface area contributed by atoms with Gasteiger partial charge >= 0.3 is 0 Å². The molecule has 0 bridgehead atoms. The molecule has 3 aromatic carbocycles. The minimum Gasteiger partial charge on any atom is -0.507 e. The first-order valence-corrected chi connectivity index (χ1v) is 8.13. The van der Waals surface area contributed by atoms with Crippen molar-refractivity contribution in [2.75, 3.05) is 5.32 Å². The van der Waals surface area contributed by atoms with Crippen LogP contribution in [0.5, 0.6) is 17.2 Å². The van der Waals surface area contributed by atoms with E-state index in [1.54, 1.807) is 36.4 Å². The molecule has 7 nitrogen and oxygen atoms in total. The zero-order chi connectivity index (χ0) is 19.4. The highest BCUT2D eigenvalue weighted by molar-refractivity contribution is 6.32. The van der Waals surface area contributed by atoms with Gasteiger partial charge in [-0.25, -0.2) is 0 Å². The summed E-state index contributed by atoms with van der Waals surface area (Å²) in [6, 6.07) is 16.6. The molecule has 0 spiro atoms. The Bertz CT molecular complexity index is 1020. The molecule has 0 fully saturated rings. The number of benzene rings is 3. The van der Waals surface area contributed by atoms with Crippen molar-refractivity contribution in [2.45, 2.75) is 0 Å². The lowest BCUT2D eigenvalue weighted by Crippen LogP contribution is -2.11. The van der Waals surface area contributed by atoms with E-state index in [1.807, 2.05) is 0 Å². The topological polar surface area (TPSA) is 102 Å². The Morgan fingerprint density at radius 2 is 1.85 bits per heavy atom. The fourth-order valence-corrected chi connectivity index (χ4v) is 2.53. The third-order valence-electron chi connectivity index (χ3n) is 3.59. The largest absolute Gasteiger partial charge is 0.507 e. The number of carbonyl (C=O) groups excluding carboxylic acids is 1. The molecule has 8 heteroatoms. The number of anilines is 1. The average Bonchev–Trinajstić information content (AvgIpc) is 2.64. The number of amides is 1. The standard InChI is InChI=1S/C19H13ClN2O5/c20-16-11-13(22(25)26)8-9-18(16)27-14-5-3-4-12(10-14)21-19(24)15-6-1-2-7-17(15)23/h1-11,23H,(H,21,24). The molecule has 0 aliphatic carbocycles. The van der Waals surface area contributed by atoms with Gasteiger partial charge in [0.1, 0.15) is 17.2 Å². The molecular weight excluding hydrogens is 372 g/mol. The second-order valence-corrected chi connectivity index (χ2v) is 5.88. The van der Waals surface area contributed by atoms with Crippen molar-refractivity contribution < 1.29 is 19.6 Å². The van der Waals surface area contributed by atoms with E-state index >= 15 is 0 Å². The van der Waals surface area contributed by atoms with E-state index < -0.39 is 10.8 Å². The van der Waals surface area contributed by atoms with Gasteiger partial charge in [0.15, 0.2) is 0 Å². The van der Waals surface area contributed by atoms with Crippen LogP contribution in [0.25, 0.3) is 0 Å². The molecule has 0 heterocycles. The SMILES string of the molecule is O=C(Nc1cccc(Oc2ccc([N+](=O)[O-])cc2Cl)c1)c1ccccc1O. The number of nitro benzene ring substituents is 1. The third-order valence-corrected chi connectivity index (χ3v) is 3.89. The molecule has 0 radical (unpaired) electrons. The zero-order valence-corrected chi connectivity index (χ0v) is 14.5. The fraction of sp³-hybridized carbons (Fsp3) is 0. The smallest absolute Gasteiger partial charge is 0.271 e. The van der Waals surface area contributed by atoms with Gasteiger partial charge in [-0.3, -0.25) is 14.9 Å².